The van der Waals surface area contributed by atoms with E-state index in [0.717, 1.165) is 55.7 Å². The number of nitrogens with zero attached hydrogens (tertiary/aromatic N) is 2. The largest absolute Gasteiger partial charge is 0.472 e. The molecule has 2 aromatic rings. The second kappa shape index (κ2) is 5.61. The van der Waals surface area contributed by atoms with Crippen molar-refractivity contribution in [1.29, 1.82) is 0 Å². The van der Waals surface area contributed by atoms with Crippen LogP contribution in [0.4, 0.5) is 0 Å². The fourth-order valence-corrected chi connectivity index (χ4v) is 3.58. The summed E-state index contributed by atoms with van der Waals surface area (Å²) in [5.74, 6) is 0.166. The molecule has 5 rings (SSSR count). The van der Waals surface area contributed by atoms with Gasteiger partial charge in [-0.15, -0.1) is 0 Å². The number of piperidine rings is 1. The van der Waals surface area contributed by atoms with Crippen molar-refractivity contribution in [2.75, 3.05) is 26.2 Å². The van der Waals surface area contributed by atoms with E-state index in [-0.39, 0.29) is 5.91 Å². The van der Waals surface area contributed by atoms with E-state index in [1.165, 1.54) is 0 Å². The molecule has 0 saturated carbocycles. The molecule has 0 unspecified atom stereocenters. The second-order valence-electron chi connectivity index (χ2n) is 6.16. The molecule has 0 atom stereocenters. The van der Waals surface area contributed by atoms with Crippen molar-refractivity contribution in [3.8, 4) is 11.1 Å². The highest BCUT2D eigenvalue weighted by molar-refractivity contribution is 5.95. The van der Waals surface area contributed by atoms with Gasteiger partial charge in [0.2, 0.25) is 0 Å². The summed E-state index contributed by atoms with van der Waals surface area (Å²) in [6.45, 7) is 4.11. The Morgan fingerprint density at radius 3 is 2.68 bits per heavy atom. The summed E-state index contributed by atoms with van der Waals surface area (Å²) in [6, 6.07) is 10.2. The predicted octanol–water partition coefficient (Wildman–Crippen LogP) is 2.87. The molecule has 4 nitrogen and oxygen atoms in total. The molecule has 2 bridgehead atoms. The lowest BCUT2D eigenvalue weighted by Crippen LogP contribution is -2.41. The maximum Gasteiger partial charge on any atom is 0.254 e. The molecule has 114 valence electrons. The van der Waals surface area contributed by atoms with Gasteiger partial charge in [-0.1, -0.05) is 12.1 Å². The van der Waals surface area contributed by atoms with Crippen molar-refractivity contribution in [2.45, 2.75) is 18.9 Å². The van der Waals surface area contributed by atoms with E-state index in [0.29, 0.717) is 6.04 Å². The van der Waals surface area contributed by atoms with Gasteiger partial charge in [0.05, 0.1) is 12.5 Å². The Hall–Kier alpha value is -2.07. The molecule has 0 spiro atoms. The van der Waals surface area contributed by atoms with Gasteiger partial charge in [-0.05, 0) is 36.6 Å². The minimum atomic E-state index is 0.166. The first-order valence-corrected chi connectivity index (χ1v) is 7.97. The van der Waals surface area contributed by atoms with Crippen molar-refractivity contribution >= 4 is 5.91 Å². The molecule has 0 radical (unpaired) electrons. The highest BCUT2D eigenvalue weighted by Crippen LogP contribution is 2.25. The van der Waals surface area contributed by atoms with Crippen molar-refractivity contribution in [1.82, 2.24) is 9.80 Å². The van der Waals surface area contributed by atoms with E-state index >= 15 is 0 Å². The molecule has 1 aromatic heterocycles. The topological polar surface area (TPSA) is 36.7 Å². The Morgan fingerprint density at radius 1 is 1.05 bits per heavy atom. The maximum atomic E-state index is 12.9. The average molecular weight is 296 g/mol. The van der Waals surface area contributed by atoms with Crippen LogP contribution in [-0.4, -0.2) is 47.9 Å². The molecule has 0 aliphatic carbocycles. The summed E-state index contributed by atoms with van der Waals surface area (Å²) in [5, 5.41) is 0. The molecule has 22 heavy (non-hydrogen) atoms. The van der Waals surface area contributed by atoms with Crippen LogP contribution < -0.4 is 0 Å². The number of furan rings is 1. The fourth-order valence-electron chi connectivity index (χ4n) is 3.58. The number of carbonyl (C=O) groups is 1. The van der Waals surface area contributed by atoms with E-state index in [4.69, 9.17) is 4.42 Å². The lowest BCUT2D eigenvalue weighted by Gasteiger charge is -2.31. The predicted molar refractivity (Wildman–Crippen MR) is 84.6 cm³/mol. The van der Waals surface area contributed by atoms with Crippen molar-refractivity contribution in [2.24, 2.45) is 0 Å². The van der Waals surface area contributed by atoms with Crippen molar-refractivity contribution in [3.05, 3.63) is 48.4 Å². The Balaban J connectivity index is 1.61. The van der Waals surface area contributed by atoms with Gasteiger partial charge in [0.1, 0.15) is 0 Å². The molecular formula is C18H20N2O2. The van der Waals surface area contributed by atoms with E-state index in [1.54, 1.807) is 12.5 Å². The highest BCUT2D eigenvalue weighted by Gasteiger charge is 2.32. The average Bonchev–Trinajstić information content (AvgIpc) is 2.95. The summed E-state index contributed by atoms with van der Waals surface area (Å²) in [5.41, 5.74) is 2.82. The number of benzene rings is 1. The monoisotopic (exact) mass is 296 g/mol. The number of amides is 1. The highest BCUT2D eigenvalue weighted by atomic mass is 16.3. The zero-order valence-electron chi connectivity index (χ0n) is 12.6. The van der Waals surface area contributed by atoms with Crippen LogP contribution in [0.2, 0.25) is 0 Å². The first-order valence-electron chi connectivity index (χ1n) is 7.97. The SMILES string of the molecule is O=C(c1cccc(-c2ccoc2)c1)N1CCN2CCC1CC2. The zero-order chi connectivity index (χ0) is 14.9. The minimum absolute atomic E-state index is 0.166. The van der Waals surface area contributed by atoms with E-state index < -0.39 is 0 Å². The van der Waals surface area contributed by atoms with Gasteiger partial charge < -0.3 is 14.2 Å². The first-order chi connectivity index (χ1) is 10.8. The van der Waals surface area contributed by atoms with Gasteiger partial charge >= 0.3 is 0 Å². The molecule has 4 heteroatoms. The third kappa shape index (κ3) is 2.44. The van der Waals surface area contributed by atoms with Gasteiger partial charge in [-0.3, -0.25) is 4.79 Å². The first kappa shape index (κ1) is 13.6. The quantitative estimate of drug-likeness (QED) is 0.855. The van der Waals surface area contributed by atoms with E-state index in [1.807, 2.05) is 30.3 Å². The molecule has 3 fully saturated rings. The molecule has 3 saturated heterocycles. The lowest BCUT2D eigenvalue weighted by molar-refractivity contribution is 0.0685. The van der Waals surface area contributed by atoms with Gasteiger partial charge in [0.25, 0.3) is 5.91 Å². The third-order valence-corrected chi connectivity index (χ3v) is 4.88. The van der Waals surface area contributed by atoms with Crippen LogP contribution >= 0.6 is 0 Å². The van der Waals surface area contributed by atoms with Crippen molar-refractivity contribution in [3.63, 3.8) is 0 Å². The van der Waals surface area contributed by atoms with Crippen LogP contribution in [0.15, 0.2) is 47.3 Å². The molecule has 3 aliphatic heterocycles. The molecule has 4 heterocycles. The van der Waals surface area contributed by atoms with Crippen LogP contribution in [0.5, 0.6) is 0 Å². The number of fused-ring (bicyclic) bond motifs is 4. The molecular weight excluding hydrogens is 276 g/mol. The minimum Gasteiger partial charge on any atom is -0.472 e. The number of hydrogen-bond donors (Lipinski definition) is 0. The Kier molecular flexibility index (Phi) is 3.47. The number of carbonyl (C=O) groups excluding carboxylic acids is 1. The van der Waals surface area contributed by atoms with Gasteiger partial charge in [0, 0.05) is 43.3 Å². The summed E-state index contributed by atoms with van der Waals surface area (Å²) in [6.07, 6.45) is 5.58. The summed E-state index contributed by atoms with van der Waals surface area (Å²) in [4.78, 5) is 17.5. The van der Waals surface area contributed by atoms with Crippen LogP contribution in [0, 0.1) is 0 Å². The smallest absolute Gasteiger partial charge is 0.254 e. The summed E-state index contributed by atoms with van der Waals surface area (Å²) >= 11 is 0. The van der Waals surface area contributed by atoms with Crippen LogP contribution in [-0.2, 0) is 0 Å². The molecule has 1 aromatic carbocycles. The maximum absolute atomic E-state index is 12.9. The Labute approximate surface area is 130 Å². The van der Waals surface area contributed by atoms with Gasteiger partial charge in [0.15, 0.2) is 0 Å². The van der Waals surface area contributed by atoms with Crippen LogP contribution in [0.3, 0.4) is 0 Å². The Bertz CT molecular complexity index is 657. The summed E-state index contributed by atoms with van der Waals surface area (Å²) < 4.78 is 5.14. The Morgan fingerprint density at radius 2 is 1.91 bits per heavy atom. The lowest BCUT2D eigenvalue weighted by atomic mass is 10.0. The van der Waals surface area contributed by atoms with Crippen LogP contribution in [0.1, 0.15) is 23.2 Å². The normalized spacial score (nSPS) is 24.3. The van der Waals surface area contributed by atoms with Crippen LogP contribution in [0.25, 0.3) is 11.1 Å². The summed E-state index contributed by atoms with van der Waals surface area (Å²) in [7, 11) is 0. The van der Waals surface area contributed by atoms with Gasteiger partial charge in [-0.25, -0.2) is 0 Å². The van der Waals surface area contributed by atoms with E-state index in [9.17, 15) is 4.79 Å². The fraction of sp³-hybridized carbons (Fsp3) is 0.389. The number of rotatable bonds is 2. The zero-order valence-corrected chi connectivity index (χ0v) is 12.6. The van der Waals surface area contributed by atoms with E-state index in [2.05, 4.69) is 9.80 Å². The molecule has 3 aliphatic rings. The standard InChI is InChI=1S/C18H20N2O2/c21-18(20-10-9-19-7-4-17(20)5-8-19)15-3-1-2-14(12-15)16-6-11-22-13-16/h1-3,6,11-13,17H,4-5,7-10H2. The number of hydrogen-bond acceptors (Lipinski definition) is 3. The van der Waals surface area contributed by atoms with Gasteiger partial charge in [-0.2, -0.15) is 0 Å². The van der Waals surface area contributed by atoms with Crippen molar-refractivity contribution < 1.29 is 9.21 Å². The molecule has 0 N–H and O–H groups in total. The molecule has 1 amide bonds. The second-order valence-corrected chi connectivity index (χ2v) is 6.16. The third-order valence-electron chi connectivity index (χ3n) is 4.88.